The Labute approximate surface area is 821 Å². The number of nitrogens with zero attached hydrogens (tertiary/aromatic N) is 14. The van der Waals surface area contributed by atoms with E-state index in [1.165, 1.54) is 136 Å². The molecule has 0 aliphatic heterocycles. The number of rotatable bonds is 0. The van der Waals surface area contributed by atoms with E-state index in [0.717, 1.165) is 79.4 Å². The van der Waals surface area contributed by atoms with Crippen LogP contribution in [0.15, 0.2) is 152 Å². The highest BCUT2D eigenvalue weighted by Gasteiger charge is 2.14. The zero-order valence-corrected chi connectivity index (χ0v) is 92.0. The molecule has 608 valence electrons. The van der Waals surface area contributed by atoms with Crippen LogP contribution in [-0.2, 0) is 49.3 Å². The molecule has 7 heterocycles. The third-order valence-corrected chi connectivity index (χ3v) is 30.4. The molecule has 0 bridgehead atoms. The molecule has 116 heavy (non-hydrogen) atoms. The van der Waals surface area contributed by atoms with E-state index in [9.17, 15) is 0 Å². The van der Waals surface area contributed by atoms with E-state index >= 15 is 0 Å². The molecule has 14 nitrogen and oxygen atoms in total. The molecule has 0 spiro atoms. The summed E-state index contributed by atoms with van der Waals surface area (Å²) in [7, 11) is 14.4. The minimum Gasteiger partial charge on any atom is -0.331 e. The maximum Gasteiger partial charge on any atom is 0.106 e. The first kappa shape index (κ1) is 97.2. The van der Waals surface area contributed by atoms with Gasteiger partial charge in [-0.1, -0.05) is 42.5 Å². The van der Waals surface area contributed by atoms with Gasteiger partial charge in [0.05, 0.1) is 66.2 Å². The molecule has 0 aliphatic rings. The Morgan fingerprint density at radius 1 is 0.216 bits per heavy atom. The summed E-state index contributed by atoms with van der Waals surface area (Å²) >= 11 is 23.4. The number of benzene rings is 10. The number of hydrogen-bond donors (Lipinski definition) is 0. The van der Waals surface area contributed by atoms with Crippen molar-refractivity contribution in [3.05, 3.63) is 289 Å². The fourth-order valence-corrected chi connectivity index (χ4v) is 18.5. The summed E-state index contributed by atoms with van der Waals surface area (Å²) in [6.07, 6.45) is 0. The van der Waals surface area contributed by atoms with Crippen LogP contribution in [0, 0.1) is 160 Å². The Balaban J connectivity index is 0.000000162. The predicted octanol–water partition coefficient (Wildman–Crippen LogP) is 27.7. The van der Waals surface area contributed by atoms with Gasteiger partial charge in [-0.25, -0.2) is 34.9 Å². The second-order valence-electron chi connectivity index (χ2n) is 28.8. The van der Waals surface area contributed by atoms with Crippen molar-refractivity contribution in [3.63, 3.8) is 0 Å². The SMILES string of the molecule is Cc1cc(I)c2c(c1)nc(C)n2C.Cc1cc2c(cc1I)nc(C)n2C.Cc1cc2nc(C)n(C)c2cc1I.Cc1ccc(I)cc1C.Cc1ccc(I)cc1C.Cc1ccc2c(nc(C)n2C)c1I.Cc1ccc2nc(C)n(C)c2c1I.Cc1cccc(I)c1C.Cc1nc2c(I)cccc2n1C.Cc1nc2cc(I)ccc2n1C. The summed E-state index contributed by atoms with van der Waals surface area (Å²) in [6, 6.07) is 53.3. The fraction of sp³-hybridized carbons (Fsp3) is 0.272. The van der Waals surface area contributed by atoms with Gasteiger partial charge in [0.15, 0.2) is 0 Å². The molecular weight excluding hydrogens is 2570 g/mol. The zero-order chi connectivity index (χ0) is 85.9. The van der Waals surface area contributed by atoms with E-state index < -0.39 is 0 Å². The van der Waals surface area contributed by atoms with Gasteiger partial charge >= 0.3 is 0 Å². The lowest BCUT2D eigenvalue weighted by molar-refractivity contribution is 0.884. The highest BCUT2D eigenvalue weighted by atomic mass is 127. The summed E-state index contributed by atoms with van der Waals surface area (Å²) in [5.41, 5.74) is 31.0. The van der Waals surface area contributed by atoms with Crippen molar-refractivity contribution in [3.8, 4) is 0 Å². The average Bonchev–Trinajstić information content (AvgIpc) is 1.63. The van der Waals surface area contributed by atoms with Crippen LogP contribution in [0.1, 0.15) is 102 Å². The highest BCUT2D eigenvalue weighted by molar-refractivity contribution is 14.1. The van der Waals surface area contributed by atoms with Gasteiger partial charge in [-0.15, -0.1) is 0 Å². The van der Waals surface area contributed by atoms with Gasteiger partial charge in [-0.2, -0.15) is 0 Å². The molecule has 10 aromatic carbocycles. The second-order valence-corrected chi connectivity index (χ2v) is 40.5. The van der Waals surface area contributed by atoms with E-state index in [2.05, 4.69) is 556 Å². The van der Waals surface area contributed by atoms with Crippen molar-refractivity contribution < 1.29 is 0 Å². The Hall–Kier alpha value is -4.21. The van der Waals surface area contributed by atoms with E-state index in [4.69, 9.17) is 0 Å². The Morgan fingerprint density at radius 3 is 1.14 bits per heavy atom. The lowest BCUT2D eigenvalue weighted by Crippen LogP contribution is -1.93. The minimum atomic E-state index is 1.06. The van der Waals surface area contributed by atoms with Crippen LogP contribution < -0.4 is 0 Å². The van der Waals surface area contributed by atoms with E-state index in [1.807, 2.05) is 62.6 Å². The number of imidazole rings is 7. The molecule has 17 rings (SSSR count). The van der Waals surface area contributed by atoms with Gasteiger partial charge in [-0.05, 0) is 521 Å². The summed E-state index contributed by atoms with van der Waals surface area (Å²) < 4.78 is 27.7. The Kier molecular flexibility index (Phi) is 36.6. The van der Waals surface area contributed by atoms with Crippen LogP contribution in [0.25, 0.3) is 77.2 Å². The summed E-state index contributed by atoms with van der Waals surface area (Å²) in [4.78, 5) is 31.3. The molecule has 0 amide bonds. The van der Waals surface area contributed by atoms with Crippen molar-refractivity contribution in [1.82, 2.24) is 66.9 Å². The first-order chi connectivity index (χ1) is 54.5. The average molecular weight is 2670 g/mol. The number of para-hydroxylation sites is 1. The maximum absolute atomic E-state index is 4.53. The molecule has 0 saturated carbocycles. The Bertz CT molecular complexity index is 6220. The molecule has 0 N–H and O–H groups in total. The zero-order valence-electron chi connectivity index (χ0n) is 70.5. The van der Waals surface area contributed by atoms with Crippen molar-refractivity contribution in [2.75, 3.05) is 0 Å². The molecule has 0 atom stereocenters. The molecule has 0 aliphatic carbocycles. The van der Waals surface area contributed by atoms with Crippen molar-refractivity contribution >= 4 is 303 Å². The normalized spacial score (nSPS) is 10.7. The number of aromatic nitrogens is 14. The van der Waals surface area contributed by atoms with Crippen LogP contribution >= 0.6 is 226 Å². The lowest BCUT2D eigenvalue weighted by atomic mass is 10.1. The smallest absolute Gasteiger partial charge is 0.106 e. The van der Waals surface area contributed by atoms with Gasteiger partial charge in [0.1, 0.15) is 51.8 Å². The van der Waals surface area contributed by atoms with Gasteiger partial charge in [-0.3, -0.25) is 0 Å². The first-order valence-electron chi connectivity index (χ1n) is 37.3. The van der Waals surface area contributed by atoms with Crippen molar-refractivity contribution in [1.29, 1.82) is 0 Å². The number of fused-ring (bicyclic) bond motifs is 7. The van der Waals surface area contributed by atoms with Gasteiger partial charge in [0.2, 0.25) is 0 Å². The van der Waals surface area contributed by atoms with Crippen LogP contribution in [0.3, 0.4) is 0 Å². The third kappa shape index (κ3) is 24.8. The second kappa shape index (κ2) is 43.7. The van der Waals surface area contributed by atoms with Crippen LogP contribution in [0.2, 0.25) is 0 Å². The topological polar surface area (TPSA) is 125 Å². The lowest BCUT2D eigenvalue weighted by Gasteiger charge is -2.01. The molecule has 0 radical (unpaired) electrons. The number of halogens is 10. The molecule has 7 aromatic heterocycles. The number of aryl methyl sites for hydroxylation is 24. The molecule has 17 aromatic rings. The van der Waals surface area contributed by atoms with Crippen molar-refractivity contribution in [2.24, 2.45) is 49.3 Å². The molecular formula is C92H100I10N14. The monoisotopic (exact) mass is 2670 g/mol. The van der Waals surface area contributed by atoms with Crippen LogP contribution in [0.5, 0.6) is 0 Å². The molecule has 0 saturated heterocycles. The quantitative estimate of drug-likeness (QED) is 0.138. The fourth-order valence-electron chi connectivity index (χ4n) is 12.1. The van der Waals surface area contributed by atoms with Gasteiger partial charge < -0.3 is 32.0 Å². The molecule has 0 fully saturated rings. The number of hydrogen-bond acceptors (Lipinski definition) is 7. The van der Waals surface area contributed by atoms with E-state index in [1.54, 1.807) is 0 Å². The highest BCUT2D eigenvalue weighted by Crippen LogP contribution is 2.29. The van der Waals surface area contributed by atoms with Gasteiger partial charge in [0, 0.05) is 85.0 Å². The third-order valence-electron chi connectivity index (χ3n) is 20.5. The van der Waals surface area contributed by atoms with E-state index in [-0.39, 0.29) is 0 Å². The van der Waals surface area contributed by atoms with Crippen molar-refractivity contribution in [2.45, 2.75) is 125 Å². The van der Waals surface area contributed by atoms with Crippen LogP contribution in [-0.4, -0.2) is 66.9 Å². The first-order valence-corrected chi connectivity index (χ1v) is 48.1. The predicted molar refractivity (Wildman–Crippen MR) is 577 cm³/mol. The largest absolute Gasteiger partial charge is 0.331 e. The minimum absolute atomic E-state index is 1.06. The van der Waals surface area contributed by atoms with Gasteiger partial charge in [0.25, 0.3) is 0 Å². The summed E-state index contributed by atoms with van der Waals surface area (Å²) in [5, 5.41) is 0. The molecule has 24 heteroatoms. The summed E-state index contributed by atoms with van der Waals surface area (Å²) in [5.74, 6) is 7.46. The van der Waals surface area contributed by atoms with Crippen LogP contribution in [0.4, 0.5) is 0 Å². The van der Waals surface area contributed by atoms with E-state index in [0.29, 0.717) is 0 Å². The summed E-state index contributed by atoms with van der Waals surface area (Å²) in [6.45, 7) is 37.6. The maximum atomic E-state index is 4.53. The standard InChI is InChI=1S/5C10H11IN2.2C9H9IN2.3C8H9I/c1-6-4-10-9(5-8(6)11)12-7(2)13(10)3;1-6-4-9-10(5-8(6)11)13(3)7(2)12-9;1-6-4-8(11)10-9(5-6)12-7(2)13(10)3;1-6-4-5-8-10(9(6)11)12-7(2)13(8)3;1-6-4-5-8-10(9(6)11)13(3)7(2)12-8;1-6-11-8-5-7(10)3-4-9(8)12(6)2;1-6-11-9-7(10)4-3-5-8(9)12(6)2;2*1-6-3-4-8(9)5-7(6)2;1-6-4-3-5-8(9)7(6)2/h5*4-5H,1-3H3;2*3-5H,1-2H3;3*3-5H,1-2H3. The Morgan fingerprint density at radius 2 is 0.603 bits per heavy atom. The molecule has 0 unspecified atom stereocenters.